The first-order valence-electron chi connectivity index (χ1n) is 10.3. The molecule has 1 saturated carbocycles. The number of benzene rings is 2. The largest absolute Gasteiger partial charge is 0.478 e. The Morgan fingerprint density at radius 3 is 2.23 bits per heavy atom. The molecule has 2 aliphatic rings. The van der Waals surface area contributed by atoms with Gasteiger partial charge in [0.05, 0.1) is 34.3 Å². The molecule has 7 heteroatoms. The highest BCUT2D eigenvalue weighted by Crippen LogP contribution is 2.40. The van der Waals surface area contributed by atoms with Crippen molar-refractivity contribution >= 4 is 46.0 Å². The van der Waals surface area contributed by atoms with E-state index in [1.165, 1.54) is 11.0 Å². The van der Waals surface area contributed by atoms with Crippen molar-refractivity contribution < 1.29 is 19.5 Å². The topological polar surface area (TPSA) is 87.6 Å². The zero-order valence-corrected chi connectivity index (χ0v) is 17.3. The SMILES string of the molecule is O=C(O)c1cc(-c2ccc(N3C(=O)C4CCCCC4C3=O)cc2)nc2ccc(Cl)cc12. The first kappa shape index (κ1) is 19.7. The van der Waals surface area contributed by atoms with Crippen molar-refractivity contribution in [1.82, 2.24) is 4.98 Å². The van der Waals surface area contributed by atoms with Crippen LogP contribution in [0.15, 0.2) is 48.5 Å². The number of rotatable bonds is 3. The van der Waals surface area contributed by atoms with Gasteiger partial charge in [-0.15, -0.1) is 0 Å². The van der Waals surface area contributed by atoms with Gasteiger partial charge in [-0.3, -0.25) is 14.5 Å². The van der Waals surface area contributed by atoms with Crippen LogP contribution in [-0.4, -0.2) is 27.9 Å². The minimum absolute atomic E-state index is 0.112. The minimum atomic E-state index is -1.07. The van der Waals surface area contributed by atoms with Crippen molar-refractivity contribution in [3.8, 4) is 11.3 Å². The summed E-state index contributed by atoms with van der Waals surface area (Å²) < 4.78 is 0. The molecular formula is C24H19ClN2O4. The minimum Gasteiger partial charge on any atom is -0.478 e. The molecule has 2 atom stereocenters. The number of anilines is 1. The van der Waals surface area contributed by atoms with E-state index in [0.717, 1.165) is 25.7 Å². The van der Waals surface area contributed by atoms with Crippen LogP contribution in [0.2, 0.25) is 5.02 Å². The Balaban J connectivity index is 1.51. The number of halogens is 1. The third-order valence-corrected chi connectivity index (χ3v) is 6.50. The average Bonchev–Trinajstić information content (AvgIpc) is 3.03. The normalized spacial score (nSPS) is 20.9. The van der Waals surface area contributed by atoms with Gasteiger partial charge in [0.15, 0.2) is 0 Å². The van der Waals surface area contributed by atoms with Gasteiger partial charge in [-0.1, -0.05) is 36.6 Å². The van der Waals surface area contributed by atoms with Crippen molar-refractivity contribution in [1.29, 1.82) is 0 Å². The van der Waals surface area contributed by atoms with Gasteiger partial charge in [0.1, 0.15) is 0 Å². The number of amides is 2. The monoisotopic (exact) mass is 434 g/mol. The first-order chi connectivity index (χ1) is 14.9. The van der Waals surface area contributed by atoms with Gasteiger partial charge in [-0.25, -0.2) is 9.78 Å². The maximum atomic E-state index is 12.8. The van der Waals surface area contributed by atoms with E-state index in [2.05, 4.69) is 4.98 Å². The summed E-state index contributed by atoms with van der Waals surface area (Å²) >= 11 is 6.02. The quantitative estimate of drug-likeness (QED) is 0.590. The average molecular weight is 435 g/mol. The molecule has 1 saturated heterocycles. The molecule has 2 aromatic carbocycles. The van der Waals surface area contributed by atoms with E-state index in [1.807, 2.05) is 0 Å². The molecular weight excluding hydrogens is 416 g/mol. The lowest BCUT2D eigenvalue weighted by Crippen LogP contribution is -2.30. The van der Waals surface area contributed by atoms with Crippen LogP contribution in [-0.2, 0) is 9.59 Å². The summed E-state index contributed by atoms with van der Waals surface area (Å²) in [6.07, 6.45) is 3.51. The second kappa shape index (κ2) is 7.46. The van der Waals surface area contributed by atoms with E-state index in [-0.39, 0.29) is 29.2 Å². The number of carboxylic acids is 1. The highest BCUT2D eigenvalue weighted by atomic mass is 35.5. The number of aromatic carboxylic acids is 1. The van der Waals surface area contributed by atoms with Gasteiger partial charge >= 0.3 is 5.97 Å². The molecule has 1 aromatic heterocycles. The zero-order chi connectivity index (χ0) is 21.7. The number of carbonyl (C=O) groups excluding carboxylic acids is 2. The number of fused-ring (bicyclic) bond motifs is 2. The Kier molecular flexibility index (Phi) is 4.74. The molecule has 2 unspecified atom stereocenters. The summed E-state index contributed by atoms with van der Waals surface area (Å²) in [4.78, 5) is 43.3. The van der Waals surface area contributed by atoms with Crippen LogP contribution in [0, 0.1) is 11.8 Å². The van der Waals surface area contributed by atoms with E-state index in [0.29, 0.717) is 32.9 Å². The van der Waals surface area contributed by atoms with Gasteiger partial charge in [-0.05, 0) is 49.2 Å². The molecule has 2 heterocycles. The zero-order valence-electron chi connectivity index (χ0n) is 16.5. The molecule has 31 heavy (non-hydrogen) atoms. The summed E-state index contributed by atoms with van der Waals surface area (Å²) in [5.74, 6) is -1.70. The van der Waals surface area contributed by atoms with Crippen LogP contribution in [0.5, 0.6) is 0 Å². The van der Waals surface area contributed by atoms with Gasteiger partial charge in [0.25, 0.3) is 0 Å². The lowest BCUT2D eigenvalue weighted by molar-refractivity contribution is -0.122. The van der Waals surface area contributed by atoms with Crippen molar-refractivity contribution in [3.05, 3.63) is 59.1 Å². The fraction of sp³-hybridized carbons (Fsp3) is 0.250. The van der Waals surface area contributed by atoms with Crippen molar-refractivity contribution in [2.45, 2.75) is 25.7 Å². The van der Waals surface area contributed by atoms with Crippen LogP contribution in [0.25, 0.3) is 22.2 Å². The molecule has 2 amide bonds. The summed E-state index contributed by atoms with van der Waals surface area (Å²) in [5.41, 5.74) is 2.36. The summed E-state index contributed by atoms with van der Waals surface area (Å²) in [6, 6.07) is 13.4. The summed E-state index contributed by atoms with van der Waals surface area (Å²) in [5, 5.41) is 10.5. The molecule has 0 bridgehead atoms. The van der Waals surface area contributed by atoms with Crippen molar-refractivity contribution in [2.75, 3.05) is 4.90 Å². The predicted octanol–water partition coefficient (Wildman–Crippen LogP) is 4.93. The van der Waals surface area contributed by atoms with Crippen molar-refractivity contribution in [3.63, 3.8) is 0 Å². The first-order valence-corrected chi connectivity index (χ1v) is 10.6. The number of carboxylic acid groups (broad SMARTS) is 1. The van der Waals surface area contributed by atoms with E-state index in [1.54, 1.807) is 42.5 Å². The van der Waals surface area contributed by atoms with Crippen LogP contribution >= 0.6 is 11.6 Å². The smallest absolute Gasteiger partial charge is 0.336 e. The third-order valence-electron chi connectivity index (χ3n) is 6.26. The van der Waals surface area contributed by atoms with Crippen LogP contribution in [0.3, 0.4) is 0 Å². The molecule has 0 spiro atoms. The van der Waals surface area contributed by atoms with Crippen LogP contribution in [0.1, 0.15) is 36.0 Å². The number of hydrogen-bond acceptors (Lipinski definition) is 4. The molecule has 1 N–H and O–H groups in total. The third kappa shape index (κ3) is 3.27. The number of hydrogen-bond donors (Lipinski definition) is 1. The van der Waals surface area contributed by atoms with Crippen molar-refractivity contribution in [2.24, 2.45) is 11.8 Å². The van der Waals surface area contributed by atoms with E-state index < -0.39 is 5.97 Å². The Labute approximate surface area is 183 Å². The van der Waals surface area contributed by atoms with E-state index >= 15 is 0 Å². The second-order valence-electron chi connectivity index (χ2n) is 8.08. The van der Waals surface area contributed by atoms with Crippen LogP contribution in [0.4, 0.5) is 5.69 Å². The predicted molar refractivity (Wildman–Crippen MR) is 117 cm³/mol. The fourth-order valence-corrected chi connectivity index (χ4v) is 4.89. The second-order valence-corrected chi connectivity index (χ2v) is 8.51. The number of aromatic nitrogens is 1. The Hall–Kier alpha value is -3.25. The van der Waals surface area contributed by atoms with E-state index in [9.17, 15) is 19.5 Å². The molecule has 1 aliphatic carbocycles. The maximum Gasteiger partial charge on any atom is 0.336 e. The van der Waals surface area contributed by atoms with Gasteiger partial charge in [0.2, 0.25) is 11.8 Å². The standard InChI is InChI=1S/C24H19ClN2O4/c25-14-7-10-20-18(11-14)19(24(30)31)12-21(26-20)13-5-8-15(9-6-13)27-22(28)16-3-1-2-4-17(16)23(27)29/h5-12,16-17H,1-4H2,(H,30,31). The van der Waals surface area contributed by atoms with Crippen LogP contribution < -0.4 is 4.90 Å². The Morgan fingerprint density at radius 1 is 0.968 bits per heavy atom. The molecule has 156 valence electrons. The molecule has 0 radical (unpaired) electrons. The number of pyridine rings is 1. The molecule has 6 nitrogen and oxygen atoms in total. The fourth-order valence-electron chi connectivity index (χ4n) is 4.72. The number of nitrogens with zero attached hydrogens (tertiary/aromatic N) is 2. The molecule has 3 aromatic rings. The highest BCUT2D eigenvalue weighted by Gasteiger charge is 2.48. The summed E-state index contributed by atoms with van der Waals surface area (Å²) in [6.45, 7) is 0. The molecule has 5 rings (SSSR count). The van der Waals surface area contributed by atoms with Gasteiger partial charge in [-0.2, -0.15) is 0 Å². The lowest BCUT2D eigenvalue weighted by atomic mass is 9.81. The number of carbonyl (C=O) groups is 3. The summed E-state index contributed by atoms with van der Waals surface area (Å²) in [7, 11) is 0. The molecule has 2 fully saturated rings. The number of imide groups is 1. The lowest BCUT2D eigenvalue weighted by Gasteiger charge is -2.19. The van der Waals surface area contributed by atoms with E-state index in [4.69, 9.17) is 11.6 Å². The van der Waals surface area contributed by atoms with Gasteiger partial charge in [0, 0.05) is 16.0 Å². The Bertz CT molecular complexity index is 1210. The molecule has 1 aliphatic heterocycles. The maximum absolute atomic E-state index is 12.8. The Morgan fingerprint density at radius 2 is 1.61 bits per heavy atom. The highest BCUT2D eigenvalue weighted by molar-refractivity contribution is 6.31. The van der Waals surface area contributed by atoms with Gasteiger partial charge < -0.3 is 5.11 Å².